The van der Waals surface area contributed by atoms with Gasteiger partial charge in [-0.2, -0.15) is 0 Å². The number of carbonyl (C=O) groups is 1. The lowest BCUT2D eigenvalue weighted by atomic mass is 10.4. The van der Waals surface area contributed by atoms with Gasteiger partial charge in [0, 0.05) is 12.5 Å². The van der Waals surface area contributed by atoms with Crippen molar-refractivity contribution in [3.05, 3.63) is 0 Å². The number of nitrogens with one attached hydrogen (secondary N) is 1. The Kier molecular flexibility index (Phi) is 0.412. The Morgan fingerprint density at radius 3 is 2.71 bits per heavy atom. The molecule has 1 amide bonds. The maximum absolute atomic E-state index is 10.5. The first kappa shape index (κ1) is 3.47. The lowest BCUT2D eigenvalue weighted by molar-refractivity contribution is -0.120. The van der Waals surface area contributed by atoms with Crippen LogP contribution in [-0.4, -0.2) is 12.5 Å². The Balaban J connectivity index is 2.21. The Hall–Kier alpha value is -0.530. The molecule has 1 saturated carbocycles. The van der Waals surface area contributed by atoms with Gasteiger partial charge in [-0.05, 0) is 12.3 Å². The summed E-state index contributed by atoms with van der Waals surface area (Å²) < 4.78 is 0. The highest BCUT2D eigenvalue weighted by Crippen LogP contribution is 2.41. The number of rotatable bonds is 0. The highest BCUT2D eigenvalue weighted by atomic mass is 16.2. The zero-order valence-electron chi connectivity index (χ0n) is 3.98. The highest BCUT2D eigenvalue weighted by molar-refractivity contribution is 5.84. The molecule has 2 atom stereocenters. The van der Waals surface area contributed by atoms with Gasteiger partial charge in [0.25, 0.3) is 0 Å². The molecule has 1 heterocycles. The van der Waals surface area contributed by atoms with Crippen molar-refractivity contribution in [1.29, 1.82) is 0 Å². The van der Waals surface area contributed by atoms with Crippen molar-refractivity contribution in [2.75, 3.05) is 6.54 Å². The summed E-state index contributed by atoms with van der Waals surface area (Å²) in [6, 6.07) is 0. The zero-order valence-corrected chi connectivity index (χ0v) is 3.98. The average Bonchev–Trinajstić information content (AvgIpc) is 2.33. The van der Waals surface area contributed by atoms with Gasteiger partial charge < -0.3 is 5.32 Å². The van der Waals surface area contributed by atoms with E-state index in [1.807, 2.05) is 0 Å². The average molecular weight is 97.1 g/mol. The molecule has 2 rings (SSSR count). The standard InChI is InChI=1S/C5H7NO/c7-5-4-1-3(4)2-6-5/h3-4H,1-2H2,(H,6,7)/t3-,4-/m0/s1. The maximum atomic E-state index is 10.5. The summed E-state index contributed by atoms with van der Waals surface area (Å²) in [4.78, 5) is 10.5. The molecule has 2 fully saturated rings. The van der Waals surface area contributed by atoms with Gasteiger partial charge in [0.2, 0.25) is 5.91 Å². The van der Waals surface area contributed by atoms with Crippen LogP contribution in [0.5, 0.6) is 0 Å². The van der Waals surface area contributed by atoms with E-state index in [1.165, 1.54) is 0 Å². The van der Waals surface area contributed by atoms with Crippen LogP contribution in [0.25, 0.3) is 0 Å². The first-order valence-corrected chi connectivity index (χ1v) is 2.65. The molecular formula is C5H7NO. The monoisotopic (exact) mass is 97.1 g/mol. The third-order valence-corrected chi connectivity index (χ3v) is 1.80. The van der Waals surface area contributed by atoms with E-state index in [9.17, 15) is 4.79 Å². The predicted octanol–water partition coefficient (Wildman–Crippen LogP) is -0.248. The Morgan fingerprint density at radius 1 is 1.71 bits per heavy atom. The summed E-state index contributed by atoms with van der Waals surface area (Å²) in [6.45, 7) is 0.948. The Labute approximate surface area is 41.9 Å². The molecule has 0 unspecified atom stereocenters. The van der Waals surface area contributed by atoms with Crippen LogP contribution in [0, 0.1) is 11.8 Å². The second-order valence-corrected chi connectivity index (χ2v) is 2.35. The molecule has 2 aliphatic rings. The predicted molar refractivity (Wildman–Crippen MR) is 24.6 cm³/mol. The SMILES string of the molecule is O=C1NC[C@@H]2C[C@H]12. The van der Waals surface area contributed by atoms with Crippen LogP contribution in [0.4, 0.5) is 0 Å². The molecule has 7 heavy (non-hydrogen) atoms. The lowest BCUT2D eigenvalue weighted by Gasteiger charge is -1.89. The molecule has 0 radical (unpaired) electrons. The minimum atomic E-state index is 0.282. The minimum Gasteiger partial charge on any atom is -0.356 e. The molecule has 1 aliphatic carbocycles. The smallest absolute Gasteiger partial charge is 0.223 e. The molecule has 2 heteroatoms. The summed E-state index contributed by atoms with van der Waals surface area (Å²) in [6.07, 6.45) is 1.16. The van der Waals surface area contributed by atoms with E-state index in [0.29, 0.717) is 5.92 Å². The second-order valence-electron chi connectivity index (χ2n) is 2.35. The number of hydrogen-bond acceptors (Lipinski definition) is 1. The fourth-order valence-electron chi connectivity index (χ4n) is 1.16. The van der Waals surface area contributed by atoms with Gasteiger partial charge in [0.05, 0.1) is 0 Å². The molecule has 1 N–H and O–H groups in total. The topological polar surface area (TPSA) is 29.1 Å². The van der Waals surface area contributed by atoms with Crippen molar-refractivity contribution in [3.63, 3.8) is 0 Å². The molecule has 0 aromatic carbocycles. The largest absolute Gasteiger partial charge is 0.356 e. The molecule has 2 nitrogen and oxygen atoms in total. The van der Waals surface area contributed by atoms with E-state index in [-0.39, 0.29) is 5.91 Å². The van der Waals surface area contributed by atoms with Crippen LogP contribution in [0.2, 0.25) is 0 Å². The molecule has 1 saturated heterocycles. The molecule has 38 valence electrons. The Morgan fingerprint density at radius 2 is 2.57 bits per heavy atom. The number of carbonyl (C=O) groups excluding carboxylic acids is 1. The van der Waals surface area contributed by atoms with Crippen molar-refractivity contribution >= 4 is 5.91 Å². The molecular weight excluding hydrogens is 90.1 g/mol. The molecule has 0 bridgehead atoms. The van der Waals surface area contributed by atoms with E-state index in [2.05, 4.69) is 5.32 Å². The van der Waals surface area contributed by atoms with E-state index >= 15 is 0 Å². The first-order chi connectivity index (χ1) is 3.38. The van der Waals surface area contributed by atoms with Crippen molar-refractivity contribution in [3.8, 4) is 0 Å². The Bertz CT molecular complexity index is 121. The van der Waals surface area contributed by atoms with Gasteiger partial charge in [-0.1, -0.05) is 0 Å². The summed E-state index contributed by atoms with van der Waals surface area (Å²) >= 11 is 0. The van der Waals surface area contributed by atoms with E-state index < -0.39 is 0 Å². The van der Waals surface area contributed by atoms with Crippen molar-refractivity contribution < 1.29 is 4.79 Å². The van der Waals surface area contributed by atoms with Gasteiger partial charge in [-0.15, -0.1) is 0 Å². The van der Waals surface area contributed by atoms with Crippen molar-refractivity contribution in [1.82, 2.24) is 5.32 Å². The number of amides is 1. The fourth-order valence-corrected chi connectivity index (χ4v) is 1.16. The third kappa shape index (κ3) is 0.315. The lowest BCUT2D eigenvalue weighted by Crippen LogP contribution is -2.18. The number of fused-ring (bicyclic) bond motifs is 1. The van der Waals surface area contributed by atoms with E-state index in [4.69, 9.17) is 0 Å². The van der Waals surface area contributed by atoms with E-state index in [0.717, 1.165) is 18.9 Å². The van der Waals surface area contributed by atoms with Crippen LogP contribution in [0.15, 0.2) is 0 Å². The van der Waals surface area contributed by atoms with Crippen LogP contribution in [0.3, 0.4) is 0 Å². The summed E-state index contributed by atoms with van der Waals surface area (Å²) in [5, 5.41) is 2.78. The summed E-state index contributed by atoms with van der Waals surface area (Å²) in [5.41, 5.74) is 0. The van der Waals surface area contributed by atoms with Crippen LogP contribution < -0.4 is 5.32 Å². The highest BCUT2D eigenvalue weighted by Gasteiger charge is 2.47. The summed E-state index contributed by atoms with van der Waals surface area (Å²) in [5.74, 6) is 1.44. The van der Waals surface area contributed by atoms with Crippen molar-refractivity contribution in [2.24, 2.45) is 11.8 Å². The normalized spacial score (nSPS) is 45.4. The zero-order chi connectivity index (χ0) is 4.85. The van der Waals surface area contributed by atoms with Crippen LogP contribution >= 0.6 is 0 Å². The molecule has 0 aromatic rings. The summed E-state index contributed by atoms with van der Waals surface area (Å²) in [7, 11) is 0. The fraction of sp³-hybridized carbons (Fsp3) is 0.800. The quantitative estimate of drug-likeness (QED) is 0.444. The van der Waals surface area contributed by atoms with Crippen molar-refractivity contribution in [2.45, 2.75) is 6.42 Å². The number of piperidine rings is 1. The maximum Gasteiger partial charge on any atom is 0.223 e. The first-order valence-electron chi connectivity index (χ1n) is 2.65. The molecule has 0 spiro atoms. The number of hydrogen-bond donors (Lipinski definition) is 1. The van der Waals surface area contributed by atoms with Crippen LogP contribution in [-0.2, 0) is 4.79 Å². The van der Waals surface area contributed by atoms with Gasteiger partial charge >= 0.3 is 0 Å². The minimum absolute atomic E-state index is 0.282. The van der Waals surface area contributed by atoms with Gasteiger partial charge in [0.1, 0.15) is 0 Å². The van der Waals surface area contributed by atoms with Crippen LogP contribution in [0.1, 0.15) is 6.42 Å². The third-order valence-electron chi connectivity index (χ3n) is 1.80. The van der Waals surface area contributed by atoms with E-state index in [1.54, 1.807) is 0 Å². The van der Waals surface area contributed by atoms with Gasteiger partial charge in [0.15, 0.2) is 0 Å². The molecule has 0 aromatic heterocycles. The van der Waals surface area contributed by atoms with Gasteiger partial charge in [-0.3, -0.25) is 4.79 Å². The molecule has 1 aliphatic heterocycles. The second kappa shape index (κ2) is 0.831. The van der Waals surface area contributed by atoms with Gasteiger partial charge in [-0.25, -0.2) is 0 Å².